The molecule has 4 nitrogen and oxygen atoms in total. The van der Waals surface area contributed by atoms with Crippen molar-refractivity contribution in [3.63, 3.8) is 0 Å². The monoisotopic (exact) mass is 351 g/mol. The van der Waals surface area contributed by atoms with Crippen LogP contribution in [0.1, 0.15) is 38.0 Å². The van der Waals surface area contributed by atoms with Gasteiger partial charge in [-0.3, -0.25) is 0 Å². The lowest BCUT2D eigenvalue weighted by atomic mass is 10.2. The van der Waals surface area contributed by atoms with E-state index in [9.17, 15) is 0 Å². The van der Waals surface area contributed by atoms with E-state index >= 15 is 0 Å². The van der Waals surface area contributed by atoms with Crippen LogP contribution in [0.4, 0.5) is 0 Å². The topological polar surface area (TPSA) is 32.6 Å². The largest absolute Gasteiger partial charge is 0.488 e. The summed E-state index contributed by atoms with van der Waals surface area (Å²) >= 11 is 0. The van der Waals surface area contributed by atoms with Gasteiger partial charge in [-0.25, -0.2) is 0 Å². The predicted octanol–water partition coefficient (Wildman–Crippen LogP) is 5.28. The first-order valence-electron chi connectivity index (χ1n) is 9.34. The Morgan fingerprint density at radius 3 is 2.77 bits per heavy atom. The first-order valence-corrected chi connectivity index (χ1v) is 9.34. The van der Waals surface area contributed by atoms with Gasteiger partial charge in [0.05, 0.1) is 5.52 Å². The van der Waals surface area contributed by atoms with Crippen LogP contribution < -0.4 is 4.74 Å². The van der Waals surface area contributed by atoms with Crippen LogP contribution >= 0.6 is 0 Å². The molecule has 3 aromatic rings. The summed E-state index contributed by atoms with van der Waals surface area (Å²) in [5, 5.41) is 1.10. The third kappa shape index (κ3) is 3.76. The van der Waals surface area contributed by atoms with E-state index in [1.807, 2.05) is 30.3 Å². The second-order valence-electron chi connectivity index (χ2n) is 6.72. The maximum absolute atomic E-state index is 6.11. The van der Waals surface area contributed by atoms with Gasteiger partial charge in [-0.1, -0.05) is 36.4 Å². The van der Waals surface area contributed by atoms with E-state index in [1.54, 1.807) is 0 Å². The zero-order valence-electron chi connectivity index (χ0n) is 15.1. The van der Waals surface area contributed by atoms with E-state index in [4.69, 9.17) is 14.2 Å². The molecule has 0 spiro atoms. The number of ether oxygens (including phenoxy) is 3. The molecule has 1 saturated heterocycles. The van der Waals surface area contributed by atoms with Crippen LogP contribution in [-0.4, -0.2) is 17.5 Å². The molecular formula is C22H25NO3. The molecule has 2 heterocycles. The van der Waals surface area contributed by atoms with Crippen molar-refractivity contribution in [2.24, 2.45) is 0 Å². The maximum Gasteiger partial charge on any atom is 0.160 e. The molecule has 0 saturated carbocycles. The highest BCUT2D eigenvalue weighted by Gasteiger charge is 2.19. The number of hydrogen-bond acceptors (Lipinski definition) is 3. The molecule has 2 unspecified atom stereocenters. The van der Waals surface area contributed by atoms with Crippen molar-refractivity contribution in [1.82, 2.24) is 4.57 Å². The van der Waals surface area contributed by atoms with Gasteiger partial charge in [0.25, 0.3) is 0 Å². The zero-order chi connectivity index (χ0) is 17.8. The predicted molar refractivity (Wildman–Crippen MR) is 102 cm³/mol. The summed E-state index contributed by atoms with van der Waals surface area (Å²) in [5.74, 6) is 0.895. The van der Waals surface area contributed by atoms with Crippen LogP contribution in [0.5, 0.6) is 5.75 Å². The molecule has 26 heavy (non-hydrogen) atoms. The Balaban J connectivity index is 1.50. The standard InChI is InChI=1S/C22H25NO3/c1-17(26-22-12-5-6-15-24-22)23-14-13-19-20(23)10-7-11-21(19)25-16-18-8-3-2-4-9-18/h2-4,7-11,13-14,17,22H,5-6,12,15-16H2,1H3. The van der Waals surface area contributed by atoms with Gasteiger partial charge in [0.2, 0.25) is 0 Å². The molecular weight excluding hydrogens is 326 g/mol. The average Bonchev–Trinajstić information content (AvgIpc) is 3.13. The fourth-order valence-electron chi connectivity index (χ4n) is 3.44. The van der Waals surface area contributed by atoms with E-state index in [2.05, 4.69) is 42.0 Å². The fraction of sp³-hybridized carbons (Fsp3) is 0.364. The lowest BCUT2D eigenvalue weighted by molar-refractivity contribution is -0.200. The molecule has 136 valence electrons. The van der Waals surface area contributed by atoms with E-state index in [0.29, 0.717) is 6.61 Å². The van der Waals surface area contributed by atoms with Gasteiger partial charge >= 0.3 is 0 Å². The molecule has 1 aliphatic rings. The summed E-state index contributed by atoms with van der Waals surface area (Å²) in [4.78, 5) is 0. The van der Waals surface area contributed by atoms with Gasteiger partial charge < -0.3 is 18.8 Å². The summed E-state index contributed by atoms with van der Waals surface area (Å²) in [5.41, 5.74) is 2.27. The Kier molecular flexibility index (Phi) is 5.23. The molecule has 2 atom stereocenters. The molecule has 1 aromatic heterocycles. The summed E-state index contributed by atoms with van der Waals surface area (Å²) in [6.45, 7) is 3.42. The SMILES string of the molecule is CC(OC1CCCCO1)n1ccc2c(OCc3ccccc3)cccc21. The van der Waals surface area contributed by atoms with Crippen LogP contribution in [-0.2, 0) is 16.1 Å². The Hall–Kier alpha value is -2.30. The van der Waals surface area contributed by atoms with Gasteiger partial charge in [0, 0.05) is 18.2 Å². The lowest BCUT2D eigenvalue weighted by Crippen LogP contribution is -2.25. The van der Waals surface area contributed by atoms with Crippen molar-refractivity contribution in [2.45, 2.75) is 45.3 Å². The van der Waals surface area contributed by atoms with Crippen molar-refractivity contribution in [3.8, 4) is 5.75 Å². The van der Waals surface area contributed by atoms with E-state index in [-0.39, 0.29) is 12.5 Å². The highest BCUT2D eigenvalue weighted by molar-refractivity contribution is 5.86. The first kappa shape index (κ1) is 17.1. The molecule has 0 radical (unpaired) electrons. The molecule has 0 N–H and O–H groups in total. The summed E-state index contributed by atoms with van der Waals surface area (Å²) < 4.78 is 20.0. The van der Waals surface area contributed by atoms with Crippen molar-refractivity contribution >= 4 is 10.9 Å². The number of aromatic nitrogens is 1. The third-order valence-electron chi connectivity index (χ3n) is 4.84. The zero-order valence-corrected chi connectivity index (χ0v) is 15.1. The number of fused-ring (bicyclic) bond motifs is 1. The van der Waals surface area contributed by atoms with Gasteiger partial charge in [-0.15, -0.1) is 0 Å². The number of nitrogens with zero attached hydrogens (tertiary/aromatic N) is 1. The summed E-state index contributed by atoms with van der Waals surface area (Å²) in [7, 11) is 0. The second kappa shape index (κ2) is 7.94. The van der Waals surface area contributed by atoms with Crippen LogP contribution in [0.3, 0.4) is 0 Å². The molecule has 1 aliphatic heterocycles. The van der Waals surface area contributed by atoms with Gasteiger partial charge in [-0.05, 0) is 49.9 Å². The van der Waals surface area contributed by atoms with Crippen molar-refractivity contribution in [2.75, 3.05) is 6.61 Å². The quantitative estimate of drug-likeness (QED) is 0.605. The minimum absolute atomic E-state index is 0.0834. The smallest absolute Gasteiger partial charge is 0.160 e. The summed E-state index contributed by atoms with van der Waals surface area (Å²) in [6, 6.07) is 18.5. The molecule has 1 fully saturated rings. The Labute approximate surface area is 154 Å². The van der Waals surface area contributed by atoms with Gasteiger partial charge in [0.1, 0.15) is 18.6 Å². The highest BCUT2D eigenvalue weighted by atomic mass is 16.7. The highest BCUT2D eigenvalue weighted by Crippen LogP contribution is 2.30. The van der Waals surface area contributed by atoms with Crippen LogP contribution in [0.15, 0.2) is 60.8 Å². The molecule has 0 bridgehead atoms. The number of rotatable bonds is 6. The van der Waals surface area contributed by atoms with Gasteiger partial charge in [-0.2, -0.15) is 0 Å². The molecule has 4 rings (SSSR count). The summed E-state index contributed by atoms with van der Waals surface area (Å²) in [6.07, 6.45) is 5.14. The lowest BCUT2D eigenvalue weighted by Gasteiger charge is -2.27. The van der Waals surface area contributed by atoms with Crippen molar-refractivity contribution < 1.29 is 14.2 Å². The molecule has 4 heteroatoms. The van der Waals surface area contributed by atoms with Gasteiger partial charge in [0.15, 0.2) is 6.29 Å². The Bertz CT molecular complexity index is 837. The maximum atomic E-state index is 6.11. The van der Waals surface area contributed by atoms with Crippen molar-refractivity contribution in [1.29, 1.82) is 0 Å². The fourth-order valence-corrected chi connectivity index (χ4v) is 3.44. The normalized spacial score (nSPS) is 18.7. The van der Waals surface area contributed by atoms with Crippen molar-refractivity contribution in [3.05, 3.63) is 66.4 Å². The average molecular weight is 351 g/mol. The second-order valence-corrected chi connectivity index (χ2v) is 6.72. The third-order valence-corrected chi connectivity index (χ3v) is 4.84. The molecule has 0 aliphatic carbocycles. The van der Waals surface area contributed by atoms with E-state index in [0.717, 1.165) is 41.7 Å². The number of hydrogen-bond donors (Lipinski definition) is 0. The minimum atomic E-state index is -0.103. The minimum Gasteiger partial charge on any atom is -0.488 e. The van der Waals surface area contributed by atoms with E-state index < -0.39 is 0 Å². The van der Waals surface area contributed by atoms with Crippen LogP contribution in [0.2, 0.25) is 0 Å². The Morgan fingerprint density at radius 1 is 1.08 bits per heavy atom. The van der Waals surface area contributed by atoms with E-state index in [1.165, 1.54) is 6.42 Å². The first-order chi connectivity index (χ1) is 12.8. The molecule has 2 aromatic carbocycles. The Morgan fingerprint density at radius 2 is 1.96 bits per heavy atom. The van der Waals surface area contributed by atoms with Crippen LogP contribution in [0.25, 0.3) is 10.9 Å². The van der Waals surface area contributed by atoms with Crippen LogP contribution in [0, 0.1) is 0 Å². The number of benzene rings is 2. The molecule has 0 amide bonds.